The van der Waals surface area contributed by atoms with Crippen LogP contribution in [0.5, 0.6) is 17.2 Å². The van der Waals surface area contributed by atoms with Crippen molar-refractivity contribution in [1.29, 1.82) is 0 Å². The fraction of sp³-hybridized carbons (Fsp3) is 0.340. The van der Waals surface area contributed by atoms with E-state index in [1.54, 1.807) is 24.3 Å². The van der Waals surface area contributed by atoms with Gasteiger partial charge in [-0.05, 0) is 97.1 Å². The molecule has 0 unspecified atom stereocenters. The zero-order valence-electron chi connectivity index (χ0n) is 35.4. The maximum absolute atomic E-state index is 12.2. The molecule has 0 aliphatic carbocycles. The molecule has 5 aromatic carbocycles. The number of ether oxygens (including phenoxy) is 3. The summed E-state index contributed by atoms with van der Waals surface area (Å²) in [5.74, 6) is 0.0248. The first kappa shape index (κ1) is 45.3. The molecule has 0 bridgehead atoms. The SMILES string of the molecule is CCCCCCCCCCc1cc(-c2ccc(C(=O)O)c(OCCN(CC)c3ccc(N=Nc4cc(OC)c(N=Nc5ccc([N+](=O)[O-])cc5)cc4OC)cc3)c2)ccc1N. The molecule has 5 aromatic rings. The van der Waals surface area contributed by atoms with Crippen molar-refractivity contribution in [1.82, 2.24) is 0 Å². The number of nitrogens with zero attached hydrogens (tertiary/aromatic N) is 6. The molecule has 0 saturated carbocycles. The van der Waals surface area contributed by atoms with Gasteiger partial charge >= 0.3 is 5.97 Å². The van der Waals surface area contributed by atoms with Crippen LogP contribution >= 0.6 is 0 Å². The van der Waals surface area contributed by atoms with Crippen molar-refractivity contribution in [3.05, 3.63) is 118 Å². The van der Waals surface area contributed by atoms with E-state index in [1.165, 1.54) is 83.4 Å². The molecule has 0 atom stereocenters. The van der Waals surface area contributed by atoms with Gasteiger partial charge in [0.15, 0.2) is 0 Å². The van der Waals surface area contributed by atoms with Crippen LogP contribution in [-0.4, -0.2) is 49.9 Å². The number of nitrogen functional groups attached to an aromatic ring is 1. The van der Waals surface area contributed by atoms with Crippen LogP contribution in [0.1, 0.15) is 81.1 Å². The van der Waals surface area contributed by atoms with Gasteiger partial charge < -0.3 is 30.0 Å². The number of rotatable bonds is 24. The Labute approximate surface area is 357 Å². The minimum Gasteiger partial charge on any atom is -0.494 e. The molecule has 14 heteroatoms. The molecule has 0 aromatic heterocycles. The minimum absolute atomic E-state index is 0.0430. The summed E-state index contributed by atoms with van der Waals surface area (Å²) >= 11 is 0. The van der Waals surface area contributed by atoms with Gasteiger partial charge in [-0.1, -0.05) is 64.0 Å². The molecule has 61 heavy (non-hydrogen) atoms. The second-order valence-electron chi connectivity index (χ2n) is 14.5. The van der Waals surface area contributed by atoms with E-state index in [4.69, 9.17) is 19.9 Å². The molecule has 0 radical (unpaired) electrons. The number of carboxylic acids is 1. The van der Waals surface area contributed by atoms with Gasteiger partial charge in [-0.15, -0.1) is 10.2 Å². The number of likely N-dealkylation sites (N-methyl/N-ethyl adjacent to an activating group) is 1. The number of anilines is 2. The van der Waals surface area contributed by atoms with Gasteiger partial charge in [-0.25, -0.2) is 4.79 Å². The molecular weight excluding hydrogens is 775 g/mol. The van der Waals surface area contributed by atoms with Crippen LogP contribution in [0.15, 0.2) is 118 Å². The molecule has 0 heterocycles. The number of benzene rings is 5. The highest BCUT2D eigenvalue weighted by atomic mass is 16.6. The Bertz CT molecular complexity index is 2280. The fourth-order valence-corrected chi connectivity index (χ4v) is 6.80. The smallest absolute Gasteiger partial charge is 0.339 e. The molecule has 0 spiro atoms. The van der Waals surface area contributed by atoms with Gasteiger partial charge in [0.1, 0.15) is 40.8 Å². The second-order valence-corrected chi connectivity index (χ2v) is 14.5. The summed E-state index contributed by atoms with van der Waals surface area (Å²) in [5, 5.41) is 38.2. The highest BCUT2D eigenvalue weighted by Crippen LogP contribution is 2.41. The number of nitrogens with two attached hydrogens (primary N) is 1. The molecule has 0 saturated heterocycles. The lowest BCUT2D eigenvalue weighted by Crippen LogP contribution is -2.28. The van der Waals surface area contributed by atoms with E-state index in [9.17, 15) is 20.0 Å². The minimum atomic E-state index is -1.05. The number of carboxylic acid groups (broad SMARTS) is 1. The summed E-state index contributed by atoms with van der Waals surface area (Å²) in [6, 6.07) is 27.8. The van der Waals surface area contributed by atoms with E-state index >= 15 is 0 Å². The summed E-state index contributed by atoms with van der Waals surface area (Å²) in [6.45, 7) is 5.74. The molecule has 0 aliphatic heterocycles. The Morgan fingerprint density at radius 2 is 1.26 bits per heavy atom. The van der Waals surface area contributed by atoms with Crippen LogP contribution in [0, 0.1) is 10.1 Å². The van der Waals surface area contributed by atoms with E-state index in [2.05, 4.69) is 38.3 Å². The highest BCUT2D eigenvalue weighted by molar-refractivity contribution is 5.92. The molecule has 0 aliphatic rings. The van der Waals surface area contributed by atoms with Crippen molar-refractivity contribution in [3.63, 3.8) is 0 Å². The van der Waals surface area contributed by atoms with Crippen LogP contribution in [0.4, 0.5) is 39.8 Å². The molecule has 14 nitrogen and oxygen atoms in total. The number of nitro groups is 1. The van der Waals surface area contributed by atoms with Gasteiger partial charge in [0.2, 0.25) is 0 Å². The monoisotopic (exact) mass is 829 g/mol. The van der Waals surface area contributed by atoms with Gasteiger partial charge in [-0.2, -0.15) is 10.2 Å². The molecule has 320 valence electrons. The Balaban J connectivity index is 1.20. The van der Waals surface area contributed by atoms with Gasteiger partial charge in [0.25, 0.3) is 5.69 Å². The van der Waals surface area contributed by atoms with Crippen LogP contribution in [0.3, 0.4) is 0 Å². The topological polar surface area (TPSA) is 187 Å². The number of aromatic carboxylic acids is 1. The van der Waals surface area contributed by atoms with Crippen molar-refractivity contribution in [2.75, 3.05) is 44.5 Å². The van der Waals surface area contributed by atoms with Crippen LogP contribution in [0.25, 0.3) is 11.1 Å². The van der Waals surface area contributed by atoms with E-state index < -0.39 is 10.9 Å². The lowest BCUT2D eigenvalue weighted by Gasteiger charge is -2.23. The van der Waals surface area contributed by atoms with Gasteiger partial charge in [-0.3, -0.25) is 10.1 Å². The van der Waals surface area contributed by atoms with Crippen molar-refractivity contribution >= 4 is 45.8 Å². The number of hydrogen-bond donors (Lipinski definition) is 2. The fourth-order valence-electron chi connectivity index (χ4n) is 6.80. The second kappa shape index (κ2) is 23.1. The van der Waals surface area contributed by atoms with Crippen molar-refractivity contribution < 1.29 is 29.0 Å². The number of non-ortho nitro benzene ring substituents is 1. The number of hydrogen-bond acceptors (Lipinski definition) is 12. The summed E-state index contributed by atoms with van der Waals surface area (Å²) in [6.07, 6.45) is 10.9. The van der Waals surface area contributed by atoms with E-state index in [1.807, 2.05) is 49.4 Å². The summed E-state index contributed by atoms with van der Waals surface area (Å²) < 4.78 is 17.2. The number of unbranched alkanes of at least 4 members (excludes halogenated alkanes) is 7. The average molecular weight is 830 g/mol. The zero-order chi connectivity index (χ0) is 43.6. The normalized spacial score (nSPS) is 11.3. The number of methoxy groups -OCH3 is 2. The highest BCUT2D eigenvalue weighted by Gasteiger charge is 2.16. The molecular formula is C47H55N7O7. The lowest BCUT2D eigenvalue weighted by atomic mass is 9.97. The van der Waals surface area contributed by atoms with Crippen molar-refractivity contribution in [2.45, 2.75) is 71.6 Å². The number of carbonyl (C=O) groups is 1. The quantitative estimate of drug-likeness (QED) is 0.0200. The Hall–Kier alpha value is -6.83. The van der Waals surface area contributed by atoms with Crippen molar-refractivity contribution in [3.8, 4) is 28.4 Å². The first-order valence-corrected chi connectivity index (χ1v) is 20.7. The van der Waals surface area contributed by atoms with Crippen molar-refractivity contribution in [2.24, 2.45) is 20.5 Å². The first-order chi connectivity index (χ1) is 29.6. The van der Waals surface area contributed by atoms with E-state index in [-0.39, 0.29) is 17.9 Å². The molecule has 0 amide bonds. The Morgan fingerprint density at radius 1 is 0.705 bits per heavy atom. The largest absolute Gasteiger partial charge is 0.494 e. The molecule has 5 rings (SSSR count). The van der Waals surface area contributed by atoms with Crippen LogP contribution in [0.2, 0.25) is 0 Å². The van der Waals surface area contributed by atoms with E-state index in [0.717, 1.165) is 40.9 Å². The Morgan fingerprint density at radius 3 is 1.82 bits per heavy atom. The van der Waals surface area contributed by atoms with Gasteiger partial charge in [0, 0.05) is 42.2 Å². The maximum Gasteiger partial charge on any atom is 0.339 e. The van der Waals surface area contributed by atoms with E-state index in [0.29, 0.717) is 53.1 Å². The van der Waals surface area contributed by atoms with Crippen LogP contribution < -0.4 is 24.8 Å². The average Bonchev–Trinajstić information content (AvgIpc) is 3.28. The Kier molecular flexibility index (Phi) is 17.1. The third-order valence-electron chi connectivity index (χ3n) is 10.3. The third kappa shape index (κ3) is 13.1. The standard InChI is InChI=1S/C47H55N7O7/c1-5-7-8-9-10-11-12-13-14-35-29-33(16-26-41(35)48)34-15-25-40(47(55)56)44(30-34)61-28-27-53(6-2)38-21-17-36(18-22-38)49-51-42-31-46(60-4)43(32-45(42)59-3)52-50-37-19-23-39(24-20-37)54(57)58/h15-26,29-32H,5-14,27-28,48H2,1-4H3,(H,55,56). The first-order valence-electron chi connectivity index (χ1n) is 20.7. The van der Waals surface area contributed by atoms with Crippen LogP contribution in [-0.2, 0) is 6.42 Å². The molecule has 3 N–H and O–H groups in total. The maximum atomic E-state index is 12.2. The summed E-state index contributed by atoms with van der Waals surface area (Å²) in [4.78, 5) is 24.8. The number of azo groups is 2. The number of aryl methyl sites for hydroxylation is 1. The summed E-state index contributed by atoms with van der Waals surface area (Å²) in [7, 11) is 3.00. The zero-order valence-corrected chi connectivity index (χ0v) is 35.4. The van der Waals surface area contributed by atoms with Gasteiger partial charge in [0.05, 0.1) is 37.1 Å². The lowest BCUT2D eigenvalue weighted by molar-refractivity contribution is -0.384. The number of nitro benzene ring substituents is 1. The third-order valence-corrected chi connectivity index (χ3v) is 10.3. The predicted octanol–water partition coefficient (Wildman–Crippen LogP) is 13.0. The summed E-state index contributed by atoms with van der Waals surface area (Å²) in [5.41, 5.74) is 12.9. The molecule has 0 fully saturated rings. The predicted molar refractivity (Wildman–Crippen MR) is 240 cm³/mol.